The summed E-state index contributed by atoms with van der Waals surface area (Å²) in [6.45, 7) is 2.45. The minimum Gasteiger partial charge on any atom is -0.347 e. The fraction of sp³-hybridized carbons (Fsp3) is 0.455. The molecule has 0 bridgehead atoms. The Morgan fingerprint density at radius 2 is 2.05 bits per heavy atom. The van der Waals surface area contributed by atoms with Gasteiger partial charge in [0, 0.05) is 31.8 Å². The molecule has 3 amide bonds. The van der Waals surface area contributed by atoms with E-state index in [1.165, 1.54) is 23.0 Å². The van der Waals surface area contributed by atoms with Gasteiger partial charge in [-0.2, -0.15) is 0 Å². The number of hydrogen-bond donors (Lipinski definition) is 2. The molecule has 3 fully saturated rings. The second-order valence-corrected chi connectivity index (χ2v) is 12.9. The predicted octanol–water partition coefficient (Wildman–Crippen LogP) is 1.45. The number of piperazine rings is 1. The summed E-state index contributed by atoms with van der Waals surface area (Å²) >= 11 is 0. The minimum atomic E-state index is -2.04. The molecular formula is C33H35N5O5. The Morgan fingerprint density at radius 3 is 2.86 bits per heavy atom. The highest BCUT2D eigenvalue weighted by Gasteiger charge is 2.70. The maximum Gasteiger partial charge on any atom is 0.280 e. The van der Waals surface area contributed by atoms with Crippen LogP contribution in [-0.4, -0.2) is 99.7 Å². The van der Waals surface area contributed by atoms with E-state index in [-0.39, 0.29) is 30.3 Å². The molecule has 43 heavy (non-hydrogen) atoms. The zero-order valence-electron chi connectivity index (χ0n) is 24.3. The second kappa shape index (κ2) is 9.32. The Kier molecular flexibility index (Phi) is 5.80. The number of fused-ring (bicyclic) bond motifs is 5. The van der Waals surface area contributed by atoms with E-state index in [0.717, 1.165) is 23.1 Å². The number of amides is 3. The Balaban J connectivity index is 1.09. The summed E-state index contributed by atoms with van der Waals surface area (Å²) < 4.78 is 6.23. The van der Waals surface area contributed by atoms with Crippen molar-refractivity contribution in [2.75, 3.05) is 20.1 Å². The largest absolute Gasteiger partial charge is 0.347 e. The molecule has 10 heteroatoms. The number of hydrogen-bond acceptors (Lipinski definition) is 7. The van der Waals surface area contributed by atoms with E-state index in [2.05, 4.69) is 27.4 Å². The fourth-order valence-electron chi connectivity index (χ4n) is 8.21. The van der Waals surface area contributed by atoms with Crippen LogP contribution in [-0.2, 0) is 25.5 Å². The number of ether oxygens (including phenoxy) is 1. The van der Waals surface area contributed by atoms with Crippen molar-refractivity contribution in [3.8, 4) is 0 Å². The van der Waals surface area contributed by atoms with Gasteiger partial charge >= 0.3 is 0 Å². The molecule has 0 radical (unpaired) electrons. The molecule has 7 atom stereocenters. The van der Waals surface area contributed by atoms with Gasteiger partial charge in [0.25, 0.3) is 11.8 Å². The maximum atomic E-state index is 14.2. The summed E-state index contributed by atoms with van der Waals surface area (Å²) in [5, 5.41) is 14.9. The predicted molar refractivity (Wildman–Crippen MR) is 157 cm³/mol. The molecule has 0 saturated carbocycles. The Bertz CT molecular complexity index is 1600. The van der Waals surface area contributed by atoms with E-state index >= 15 is 0 Å². The maximum absolute atomic E-state index is 14.2. The third kappa shape index (κ3) is 3.82. The van der Waals surface area contributed by atoms with Gasteiger partial charge in [-0.25, -0.2) is 0 Å². The molecule has 3 saturated heterocycles. The van der Waals surface area contributed by atoms with Gasteiger partial charge in [-0.1, -0.05) is 54.6 Å². The smallest absolute Gasteiger partial charge is 0.280 e. The monoisotopic (exact) mass is 581 g/mol. The highest BCUT2D eigenvalue weighted by molar-refractivity contribution is 5.97. The number of likely N-dealkylation sites (N-methyl/N-ethyl adjacent to an activating group) is 1. The molecule has 2 N–H and O–H groups in total. The first-order valence-corrected chi connectivity index (χ1v) is 15.2. The van der Waals surface area contributed by atoms with Crippen LogP contribution in [0.4, 0.5) is 0 Å². The van der Waals surface area contributed by atoms with E-state index in [9.17, 15) is 19.5 Å². The van der Waals surface area contributed by atoms with Crippen molar-refractivity contribution in [2.24, 2.45) is 10.9 Å². The molecule has 0 aromatic heterocycles. The van der Waals surface area contributed by atoms with Crippen molar-refractivity contribution in [3.63, 3.8) is 0 Å². The number of allylic oxidation sites excluding steroid dienone is 2. The molecule has 5 heterocycles. The molecular weight excluding hydrogens is 546 g/mol. The molecule has 5 aliphatic heterocycles. The summed E-state index contributed by atoms with van der Waals surface area (Å²) in [7, 11) is 2.02. The SMILES string of the molecule is CN1CC(C(=O)N[C@]2(C)O[C@@]3(O)[C@@H]4CCCN4C(=O)[C@H](Cc4ccccc4)N3C2=O)C=C2C3=CC=CC4N=CC(=C34)C[C@H]21. The zero-order chi connectivity index (χ0) is 29.7. The van der Waals surface area contributed by atoms with Crippen LogP contribution in [0.15, 0.2) is 81.9 Å². The fourth-order valence-corrected chi connectivity index (χ4v) is 8.21. The Labute approximate surface area is 250 Å². The van der Waals surface area contributed by atoms with E-state index in [1.807, 2.05) is 55.7 Å². The first-order chi connectivity index (χ1) is 20.7. The van der Waals surface area contributed by atoms with Crippen LogP contribution in [0, 0.1) is 5.92 Å². The van der Waals surface area contributed by atoms with Gasteiger partial charge in [-0.3, -0.25) is 33.9 Å². The average Bonchev–Trinajstić information content (AvgIpc) is 3.70. The Hall–Kier alpha value is -3.86. The number of benzene rings is 1. The standard InChI is InChI=1S/C33H35N5O5/c1-32(35-29(39)21-15-23-22-10-6-11-24-28(22)20(17-34-24)16-25(23)36(2)18-21)31(41)38-26(14-19-8-4-3-5-9-19)30(40)37-13-7-12-27(37)33(38,42)43-32/h3-6,8-11,15,17,21,24-27,42H,7,12-14,16,18H2,1-2H3,(H,35,39)/t21?,24?,25-,26+,27+,32-,33+/m1/s1. The van der Waals surface area contributed by atoms with Crippen molar-refractivity contribution in [1.82, 2.24) is 20.0 Å². The lowest BCUT2D eigenvalue weighted by Crippen LogP contribution is -2.71. The third-order valence-corrected chi connectivity index (χ3v) is 10.2. The quantitative estimate of drug-likeness (QED) is 0.557. The highest BCUT2D eigenvalue weighted by Crippen LogP contribution is 2.47. The summed E-state index contributed by atoms with van der Waals surface area (Å²) in [5.41, 5.74) is 3.71. The van der Waals surface area contributed by atoms with Gasteiger partial charge in [-0.05, 0) is 61.1 Å². The summed E-state index contributed by atoms with van der Waals surface area (Å²) in [4.78, 5) is 51.5. The van der Waals surface area contributed by atoms with Crippen molar-refractivity contribution >= 4 is 23.9 Å². The lowest BCUT2D eigenvalue weighted by molar-refractivity contribution is -0.315. The molecule has 2 aliphatic carbocycles. The number of nitrogens with one attached hydrogen (secondary N) is 1. The van der Waals surface area contributed by atoms with Gasteiger partial charge in [0.1, 0.15) is 12.1 Å². The number of aliphatic imine (C=N–C) groups is 1. The van der Waals surface area contributed by atoms with E-state index in [0.29, 0.717) is 25.9 Å². The van der Waals surface area contributed by atoms with Gasteiger partial charge in [-0.15, -0.1) is 0 Å². The summed E-state index contributed by atoms with van der Waals surface area (Å²) in [6.07, 6.45) is 12.5. The van der Waals surface area contributed by atoms with Crippen LogP contribution in [0.3, 0.4) is 0 Å². The van der Waals surface area contributed by atoms with Crippen LogP contribution in [0.5, 0.6) is 0 Å². The first-order valence-electron chi connectivity index (χ1n) is 15.2. The number of nitrogens with zero attached hydrogens (tertiary/aromatic N) is 4. The number of rotatable bonds is 4. The molecule has 8 rings (SSSR count). The van der Waals surface area contributed by atoms with Crippen LogP contribution in [0.2, 0.25) is 0 Å². The second-order valence-electron chi connectivity index (χ2n) is 12.9. The van der Waals surface area contributed by atoms with Gasteiger partial charge in [0.15, 0.2) is 0 Å². The molecule has 2 unspecified atom stereocenters. The molecule has 222 valence electrons. The average molecular weight is 582 g/mol. The van der Waals surface area contributed by atoms with Crippen LogP contribution < -0.4 is 5.32 Å². The molecule has 0 spiro atoms. The molecule has 7 aliphatic rings. The van der Waals surface area contributed by atoms with Crippen LogP contribution in [0.1, 0.15) is 31.7 Å². The van der Waals surface area contributed by atoms with Crippen molar-refractivity contribution in [1.29, 1.82) is 0 Å². The van der Waals surface area contributed by atoms with Crippen molar-refractivity contribution < 1.29 is 24.2 Å². The van der Waals surface area contributed by atoms with Crippen molar-refractivity contribution in [2.45, 2.75) is 68.4 Å². The molecule has 10 nitrogen and oxygen atoms in total. The Morgan fingerprint density at radius 1 is 1.23 bits per heavy atom. The molecule has 1 aromatic rings. The van der Waals surface area contributed by atoms with E-state index in [1.54, 1.807) is 4.90 Å². The summed E-state index contributed by atoms with van der Waals surface area (Å²) in [6, 6.07) is 7.95. The number of carbonyl (C=O) groups is 3. The summed E-state index contributed by atoms with van der Waals surface area (Å²) in [5.74, 6) is -3.77. The van der Waals surface area contributed by atoms with Gasteiger partial charge in [0.05, 0.1) is 12.0 Å². The third-order valence-electron chi connectivity index (χ3n) is 10.2. The first kappa shape index (κ1) is 26.7. The van der Waals surface area contributed by atoms with Crippen LogP contribution in [0.25, 0.3) is 0 Å². The van der Waals surface area contributed by atoms with E-state index < -0.39 is 35.5 Å². The zero-order valence-corrected chi connectivity index (χ0v) is 24.3. The minimum absolute atomic E-state index is 0.0274. The van der Waals surface area contributed by atoms with E-state index in [4.69, 9.17) is 4.74 Å². The molecule has 1 aromatic carbocycles. The normalized spacial score (nSPS) is 37.6. The van der Waals surface area contributed by atoms with Gasteiger partial charge in [0.2, 0.25) is 17.5 Å². The van der Waals surface area contributed by atoms with Gasteiger partial charge < -0.3 is 15.3 Å². The topological polar surface area (TPSA) is 115 Å². The lowest BCUT2D eigenvalue weighted by Gasteiger charge is -2.48. The number of carbonyl (C=O) groups excluding carboxylic acids is 3. The number of aliphatic hydroxyl groups is 1. The highest BCUT2D eigenvalue weighted by atomic mass is 16.7. The van der Waals surface area contributed by atoms with Crippen LogP contribution >= 0.6 is 0 Å². The van der Waals surface area contributed by atoms with Crippen molar-refractivity contribution in [3.05, 3.63) is 82.5 Å². The lowest BCUT2D eigenvalue weighted by atomic mass is 9.74.